The van der Waals surface area contributed by atoms with Crippen LogP contribution in [0, 0.1) is 0 Å². The standard InChI is InChI=1S/C11H13BrN4O2S/c1-2-16-6-11(14-7-16)19(17,18)15-10-4-3-8(12)5-9(10)13/h3-7,15H,2,13H2,1H3. The summed E-state index contributed by atoms with van der Waals surface area (Å²) in [6.07, 6.45) is 2.94. The third-order valence-electron chi connectivity index (χ3n) is 2.51. The first-order valence-electron chi connectivity index (χ1n) is 5.52. The largest absolute Gasteiger partial charge is 0.397 e. The SMILES string of the molecule is CCn1cnc(S(=O)(=O)Nc2ccc(Br)cc2N)c1. The van der Waals surface area contributed by atoms with Crippen molar-refractivity contribution in [3.63, 3.8) is 0 Å². The number of aryl methyl sites for hydroxylation is 1. The number of nitrogens with one attached hydrogen (secondary N) is 1. The highest BCUT2D eigenvalue weighted by Gasteiger charge is 2.18. The van der Waals surface area contributed by atoms with Gasteiger partial charge in [0.2, 0.25) is 0 Å². The number of imidazole rings is 1. The molecule has 0 fully saturated rings. The quantitative estimate of drug-likeness (QED) is 0.830. The first-order valence-corrected chi connectivity index (χ1v) is 7.79. The Balaban J connectivity index is 2.30. The van der Waals surface area contributed by atoms with Crippen LogP contribution < -0.4 is 10.5 Å². The van der Waals surface area contributed by atoms with Crippen LogP contribution >= 0.6 is 15.9 Å². The maximum absolute atomic E-state index is 12.1. The average Bonchev–Trinajstić information content (AvgIpc) is 2.82. The van der Waals surface area contributed by atoms with E-state index in [1.807, 2.05) is 6.92 Å². The Bertz CT molecular complexity index is 696. The van der Waals surface area contributed by atoms with Crippen LogP contribution in [0.1, 0.15) is 6.92 Å². The van der Waals surface area contributed by atoms with Crippen molar-refractivity contribution < 1.29 is 8.42 Å². The minimum absolute atomic E-state index is 0.0309. The normalized spacial score (nSPS) is 11.5. The number of nitrogens with two attached hydrogens (primary N) is 1. The highest BCUT2D eigenvalue weighted by atomic mass is 79.9. The van der Waals surface area contributed by atoms with Crippen LogP contribution in [0.2, 0.25) is 0 Å². The van der Waals surface area contributed by atoms with Crippen LogP contribution in [0.5, 0.6) is 0 Å². The smallest absolute Gasteiger partial charge is 0.281 e. The van der Waals surface area contributed by atoms with E-state index in [9.17, 15) is 8.42 Å². The number of nitrogens with zero attached hydrogens (tertiary/aromatic N) is 2. The molecule has 0 saturated carbocycles. The highest BCUT2D eigenvalue weighted by Crippen LogP contribution is 2.25. The number of benzene rings is 1. The zero-order valence-corrected chi connectivity index (χ0v) is 12.6. The molecule has 0 atom stereocenters. The van der Waals surface area contributed by atoms with Gasteiger partial charge >= 0.3 is 0 Å². The summed E-state index contributed by atoms with van der Waals surface area (Å²) in [5, 5.41) is -0.0309. The fourth-order valence-electron chi connectivity index (χ4n) is 1.47. The van der Waals surface area contributed by atoms with Crippen LogP contribution in [0.4, 0.5) is 11.4 Å². The average molecular weight is 345 g/mol. The van der Waals surface area contributed by atoms with Gasteiger partial charge in [0.25, 0.3) is 10.0 Å². The van der Waals surface area contributed by atoms with Gasteiger partial charge in [-0.15, -0.1) is 0 Å². The predicted octanol–water partition coefficient (Wildman–Crippen LogP) is 2.05. The van der Waals surface area contributed by atoms with Crippen LogP contribution in [0.3, 0.4) is 0 Å². The van der Waals surface area contributed by atoms with Crippen molar-refractivity contribution in [3.8, 4) is 0 Å². The van der Waals surface area contributed by atoms with E-state index in [4.69, 9.17) is 5.73 Å². The number of sulfonamides is 1. The summed E-state index contributed by atoms with van der Waals surface area (Å²) >= 11 is 3.26. The molecular weight excluding hydrogens is 332 g/mol. The summed E-state index contributed by atoms with van der Waals surface area (Å²) in [6, 6.07) is 4.93. The summed E-state index contributed by atoms with van der Waals surface area (Å²) < 4.78 is 29.1. The second-order valence-corrected chi connectivity index (χ2v) is 6.42. The van der Waals surface area contributed by atoms with E-state index in [-0.39, 0.29) is 5.03 Å². The summed E-state index contributed by atoms with van der Waals surface area (Å²) in [5.74, 6) is 0. The molecule has 1 heterocycles. The summed E-state index contributed by atoms with van der Waals surface area (Å²) in [7, 11) is -3.72. The van der Waals surface area contributed by atoms with Crippen LogP contribution in [0.15, 0.2) is 40.2 Å². The van der Waals surface area contributed by atoms with Crippen molar-refractivity contribution in [2.24, 2.45) is 0 Å². The molecule has 0 unspecified atom stereocenters. The second-order valence-electron chi connectivity index (χ2n) is 3.88. The van der Waals surface area contributed by atoms with Gasteiger partial charge < -0.3 is 10.3 Å². The molecule has 0 amide bonds. The van der Waals surface area contributed by atoms with Gasteiger partial charge in [-0.2, -0.15) is 8.42 Å². The predicted molar refractivity (Wildman–Crippen MR) is 77.3 cm³/mol. The number of hydrogen-bond donors (Lipinski definition) is 2. The monoisotopic (exact) mass is 344 g/mol. The molecule has 2 aromatic rings. The third-order valence-corrected chi connectivity index (χ3v) is 4.25. The van der Waals surface area contributed by atoms with E-state index in [0.29, 0.717) is 17.9 Å². The number of hydrogen-bond acceptors (Lipinski definition) is 4. The zero-order valence-electron chi connectivity index (χ0n) is 10.2. The van der Waals surface area contributed by atoms with E-state index in [2.05, 4.69) is 25.6 Å². The highest BCUT2D eigenvalue weighted by molar-refractivity contribution is 9.10. The van der Waals surface area contributed by atoms with Crippen molar-refractivity contribution in [1.29, 1.82) is 0 Å². The molecule has 0 radical (unpaired) electrons. The number of anilines is 2. The molecular formula is C11H13BrN4O2S. The van der Waals surface area contributed by atoms with Gasteiger partial charge in [-0.3, -0.25) is 4.72 Å². The Morgan fingerprint density at radius 1 is 1.47 bits per heavy atom. The van der Waals surface area contributed by atoms with E-state index in [1.54, 1.807) is 22.8 Å². The lowest BCUT2D eigenvalue weighted by molar-refractivity contribution is 0.598. The number of aromatic nitrogens is 2. The molecule has 0 bridgehead atoms. The van der Waals surface area contributed by atoms with E-state index in [0.717, 1.165) is 4.47 Å². The molecule has 1 aromatic carbocycles. The lowest BCUT2D eigenvalue weighted by Gasteiger charge is -2.08. The van der Waals surface area contributed by atoms with Gasteiger partial charge in [0.05, 0.1) is 17.7 Å². The maximum atomic E-state index is 12.1. The van der Waals surface area contributed by atoms with Crippen molar-refractivity contribution in [3.05, 3.63) is 35.2 Å². The van der Waals surface area contributed by atoms with Crippen LogP contribution in [-0.4, -0.2) is 18.0 Å². The Morgan fingerprint density at radius 3 is 2.79 bits per heavy atom. The molecule has 0 aliphatic heterocycles. The van der Waals surface area contributed by atoms with Crippen molar-refractivity contribution in [2.45, 2.75) is 18.5 Å². The van der Waals surface area contributed by atoms with Gasteiger partial charge in [0.15, 0.2) is 5.03 Å². The Morgan fingerprint density at radius 2 is 2.21 bits per heavy atom. The molecule has 0 aliphatic rings. The third kappa shape index (κ3) is 3.07. The Hall–Kier alpha value is -1.54. The van der Waals surface area contributed by atoms with E-state index >= 15 is 0 Å². The molecule has 0 saturated heterocycles. The summed E-state index contributed by atoms with van der Waals surface area (Å²) in [4.78, 5) is 3.86. The van der Waals surface area contributed by atoms with Gasteiger partial charge in [-0.05, 0) is 25.1 Å². The molecule has 6 nitrogen and oxygen atoms in total. The molecule has 0 aliphatic carbocycles. The molecule has 19 heavy (non-hydrogen) atoms. The van der Waals surface area contributed by atoms with Gasteiger partial charge in [-0.1, -0.05) is 15.9 Å². The van der Waals surface area contributed by atoms with Gasteiger partial charge in [0.1, 0.15) is 0 Å². The zero-order chi connectivity index (χ0) is 14.0. The van der Waals surface area contributed by atoms with Gasteiger partial charge in [0, 0.05) is 17.2 Å². The minimum Gasteiger partial charge on any atom is -0.397 e. The molecule has 1 aromatic heterocycles. The van der Waals surface area contributed by atoms with E-state index in [1.165, 1.54) is 12.5 Å². The lowest BCUT2D eigenvalue weighted by Crippen LogP contribution is -2.14. The van der Waals surface area contributed by atoms with Crippen LogP contribution in [-0.2, 0) is 16.6 Å². The minimum atomic E-state index is -3.72. The van der Waals surface area contributed by atoms with Crippen molar-refractivity contribution in [1.82, 2.24) is 9.55 Å². The Kier molecular flexibility index (Phi) is 3.81. The summed E-state index contributed by atoms with van der Waals surface area (Å²) in [6.45, 7) is 2.56. The fourth-order valence-corrected chi connectivity index (χ4v) is 2.89. The van der Waals surface area contributed by atoms with Gasteiger partial charge in [-0.25, -0.2) is 4.98 Å². The number of nitrogen functional groups attached to an aromatic ring is 1. The first kappa shape index (κ1) is 13.9. The number of rotatable bonds is 4. The first-order chi connectivity index (χ1) is 8.92. The number of halogens is 1. The van der Waals surface area contributed by atoms with Crippen molar-refractivity contribution >= 4 is 37.3 Å². The second kappa shape index (κ2) is 5.22. The lowest BCUT2D eigenvalue weighted by atomic mass is 10.3. The topological polar surface area (TPSA) is 90.0 Å². The molecule has 102 valence electrons. The van der Waals surface area contributed by atoms with E-state index < -0.39 is 10.0 Å². The Labute approximate surface area is 119 Å². The van der Waals surface area contributed by atoms with Crippen LogP contribution in [0.25, 0.3) is 0 Å². The molecule has 8 heteroatoms. The summed E-state index contributed by atoms with van der Waals surface area (Å²) in [5.41, 5.74) is 6.42. The molecule has 3 N–H and O–H groups in total. The molecule has 2 rings (SSSR count). The molecule has 0 spiro atoms. The maximum Gasteiger partial charge on any atom is 0.281 e. The fraction of sp³-hybridized carbons (Fsp3) is 0.182. The van der Waals surface area contributed by atoms with Crippen molar-refractivity contribution in [2.75, 3.05) is 10.5 Å².